The molecule has 0 spiro atoms. The third kappa shape index (κ3) is 2.63. The number of nitrogens with zero attached hydrogens (tertiary/aromatic N) is 1. The van der Waals surface area contributed by atoms with Gasteiger partial charge in [0.15, 0.2) is 0 Å². The van der Waals surface area contributed by atoms with Gasteiger partial charge in [-0.1, -0.05) is 36.3 Å². The van der Waals surface area contributed by atoms with E-state index in [9.17, 15) is 18.6 Å². The van der Waals surface area contributed by atoms with Crippen LogP contribution in [0.15, 0.2) is 53.4 Å². The fraction of sp³-hybridized carbons (Fsp3) is 0.118. The smallest absolute Gasteiger partial charge is 0.324 e. The summed E-state index contributed by atoms with van der Waals surface area (Å²) >= 11 is 0. The van der Waals surface area contributed by atoms with Gasteiger partial charge in [-0.25, -0.2) is 4.79 Å². The molecule has 0 fully saturated rings. The molecule has 1 aliphatic heterocycles. The fourth-order valence-corrected chi connectivity index (χ4v) is 3.31. The second-order valence-electron chi connectivity index (χ2n) is 4.96. The van der Waals surface area contributed by atoms with Crippen molar-refractivity contribution in [3.05, 3.63) is 65.2 Å². The highest BCUT2D eigenvalue weighted by atomic mass is 32.2. The Hall–Kier alpha value is -2.80. The van der Waals surface area contributed by atoms with Gasteiger partial charge in [-0.3, -0.25) is 13.8 Å². The van der Waals surface area contributed by atoms with E-state index in [-0.39, 0.29) is 16.7 Å². The van der Waals surface area contributed by atoms with Gasteiger partial charge in [0.1, 0.15) is 0 Å². The first kappa shape index (κ1) is 16.1. The van der Waals surface area contributed by atoms with Crippen molar-refractivity contribution in [2.75, 3.05) is 5.75 Å². The molecule has 7 heteroatoms. The molecule has 0 N–H and O–H groups in total. The van der Waals surface area contributed by atoms with Crippen LogP contribution >= 0.6 is 0 Å². The number of fused-ring (bicyclic) bond motifs is 1. The number of carbonyl (C=O) groups excluding carboxylic acids is 3. The van der Waals surface area contributed by atoms with Crippen LogP contribution in [0.2, 0.25) is 0 Å². The maximum Gasteiger partial charge on any atom is 0.365 e. The molecule has 1 unspecified atom stereocenters. The lowest BCUT2D eigenvalue weighted by atomic mass is 10.1. The standard InChI is InChI=1S/C17H13NO5S/c1-2-24(22)14-10-6-5-9-13(14)17(21)23-18-15(19)11-7-3-4-8-12(11)16(18)20/h3-10H,2H2,1H3. The lowest BCUT2D eigenvalue weighted by Crippen LogP contribution is -2.33. The number of hydrogen-bond acceptors (Lipinski definition) is 5. The summed E-state index contributed by atoms with van der Waals surface area (Å²) in [6.07, 6.45) is 0. The average molecular weight is 343 g/mol. The zero-order chi connectivity index (χ0) is 17.3. The minimum atomic E-state index is -1.37. The Labute approximate surface area is 140 Å². The monoisotopic (exact) mass is 343 g/mol. The molecule has 1 aliphatic rings. The van der Waals surface area contributed by atoms with Crippen molar-refractivity contribution < 1.29 is 23.4 Å². The van der Waals surface area contributed by atoms with Gasteiger partial charge < -0.3 is 4.84 Å². The highest BCUT2D eigenvalue weighted by Gasteiger charge is 2.39. The highest BCUT2D eigenvalue weighted by molar-refractivity contribution is 7.85. The molecule has 6 nitrogen and oxygen atoms in total. The Kier molecular flexibility index (Phi) is 4.26. The SMILES string of the molecule is CCS(=O)c1ccccc1C(=O)ON1C(=O)c2ccccc2C1=O. The Morgan fingerprint density at radius 2 is 1.54 bits per heavy atom. The number of amides is 2. The summed E-state index contributed by atoms with van der Waals surface area (Å²) in [5.74, 6) is -1.96. The number of imide groups is 1. The first-order chi connectivity index (χ1) is 11.5. The molecule has 0 aromatic heterocycles. The van der Waals surface area contributed by atoms with Gasteiger partial charge in [0.25, 0.3) is 11.8 Å². The van der Waals surface area contributed by atoms with Gasteiger partial charge in [-0.15, -0.1) is 0 Å². The zero-order valence-electron chi connectivity index (χ0n) is 12.7. The van der Waals surface area contributed by atoms with E-state index in [0.29, 0.717) is 15.7 Å². The Morgan fingerprint density at radius 3 is 2.12 bits per heavy atom. The molecule has 0 radical (unpaired) electrons. The number of hydrogen-bond donors (Lipinski definition) is 0. The minimum absolute atomic E-state index is 0.0641. The van der Waals surface area contributed by atoms with Crippen LogP contribution in [0, 0.1) is 0 Å². The second kappa shape index (κ2) is 6.37. The van der Waals surface area contributed by atoms with Crippen molar-refractivity contribution in [2.45, 2.75) is 11.8 Å². The maximum atomic E-state index is 12.4. The molecule has 122 valence electrons. The van der Waals surface area contributed by atoms with Crippen LogP contribution in [0.3, 0.4) is 0 Å². The van der Waals surface area contributed by atoms with E-state index in [4.69, 9.17) is 4.84 Å². The molecule has 3 rings (SSSR count). The number of carbonyl (C=O) groups is 3. The first-order valence-corrected chi connectivity index (χ1v) is 8.54. The lowest BCUT2D eigenvalue weighted by molar-refractivity contribution is -0.0587. The molecule has 0 bridgehead atoms. The molecule has 0 saturated heterocycles. The highest BCUT2D eigenvalue weighted by Crippen LogP contribution is 2.24. The summed E-state index contributed by atoms with van der Waals surface area (Å²) in [6, 6.07) is 12.5. The van der Waals surface area contributed by atoms with Gasteiger partial charge in [-0.05, 0) is 24.3 Å². The van der Waals surface area contributed by atoms with E-state index in [2.05, 4.69) is 0 Å². The fourth-order valence-electron chi connectivity index (χ4n) is 2.37. The predicted octanol–water partition coefficient (Wildman–Crippen LogP) is 2.18. The summed E-state index contributed by atoms with van der Waals surface area (Å²) in [4.78, 5) is 42.1. The van der Waals surface area contributed by atoms with Crippen LogP contribution in [0.5, 0.6) is 0 Å². The summed E-state index contributed by atoms with van der Waals surface area (Å²) in [7, 11) is -1.37. The summed E-state index contributed by atoms with van der Waals surface area (Å²) < 4.78 is 12.0. The van der Waals surface area contributed by atoms with Crippen molar-refractivity contribution in [1.29, 1.82) is 0 Å². The number of benzene rings is 2. The van der Waals surface area contributed by atoms with Crippen LogP contribution in [-0.4, -0.2) is 32.8 Å². The van der Waals surface area contributed by atoms with Crippen LogP contribution < -0.4 is 0 Å². The van der Waals surface area contributed by atoms with Crippen molar-refractivity contribution >= 4 is 28.6 Å². The van der Waals surface area contributed by atoms with Crippen LogP contribution in [0.25, 0.3) is 0 Å². The molecular formula is C17H13NO5S. The van der Waals surface area contributed by atoms with Crippen molar-refractivity contribution in [2.24, 2.45) is 0 Å². The Balaban J connectivity index is 1.89. The Morgan fingerprint density at radius 1 is 1.00 bits per heavy atom. The van der Waals surface area contributed by atoms with Crippen molar-refractivity contribution in [3.8, 4) is 0 Å². The normalized spacial score (nSPS) is 14.5. The average Bonchev–Trinajstić information content (AvgIpc) is 2.86. The quantitative estimate of drug-likeness (QED) is 0.795. The lowest BCUT2D eigenvalue weighted by Gasteiger charge is -2.14. The predicted molar refractivity (Wildman–Crippen MR) is 85.7 cm³/mol. The van der Waals surface area contributed by atoms with Crippen molar-refractivity contribution in [1.82, 2.24) is 5.06 Å². The van der Waals surface area contributed by atoms with E-state index in [0.717, 1.165) is 0 Å². The summed E-state index contributed by atoms with van der Waals surface area (Å²) in [5.41, 5.74) is 0.427. The molecule has 0 aliphatic carbocycles. The van der Waals surface area contributed by atoms with Crippen LogP contribution in [-0.2, 0) is 15.6 Å². The molecule has 0 saturated carbocycles. The zero-order valence-corrected chi connectivity index (χ0v) is 13.5. The molecular weight excluding hydrogens is 330 g/mol. The summed E-state index contributed by atoms with van der Waals surface area (Å²) in [6.45, 7) is 1.72. The molecule has 2 aromatic carbocycles. The topological polar surface area (TPSA) is 80.8 Å². The van der Waals surface area contributed by atoms with E-state index >= 15 is 0 Å². The van der Waals surface area contributed by atoms with Gasteiger partial charge in [0.05, 0.1) is 32.4 Å². The van der Waals surface area contributed by atoms with Crippen molar-refractivity contribution in [3.63, 3.8) is 0 Å². The Bertz CT molecular complexity index is 842. The molecule has 24 heavy (non-hydrogen) atoms. The van der Waals surface area contributed by atoms with E-state index in [1.54, 1.807) is 37.3 Å². The van der Waals surface area contributed by atoms with Gasteiger partial charge in [0.2, 0.25) is 0 Å². The minimum Gasteiger partial charge on any atom is -0.324 e. The van der Waals surface area contributed by atoms with Gasteiger partial charge in [0, 0.05) is 5.75 Å². The van der Waals surface area contributed by atoms with E-state index in [1.165, 1.54) is 18.2 Å². The number of hydroxylamine groups is 2. The molecule has 1 heterocycles. The third-order valence-electron chi connectivity index (χ3n) is 3.55. The largest absolute Gasteiger partial charge is 0.365 e. The van der Waals surface area contributed by atoms with Gasteiger partial charge in [-0.2, -0.15) is 0 Å². The first-order valence-electron chi connectivity index (χ1n) is 7.22. The third-order valence-corrected chi connectivity index (χ3v) is 4.92. The van der Waals surface area contributed by atoms with E-state index in [1.807, 2.05) is 0 Å². The molecule has 1 atom stereocenters. The maximum absolute atomic E-state index is 12.4. The van der Waals surface area contributed by atoms with Crippen LogP contribution in [0.1, 0.15) is 38.0 Å². The molecule has 2 aromatic rings. The molecule has 2 amide bonds. The summed E-state index contributed by atoms with van der Waals surface area (Å²) in [5, 5.41) is 0.443. The van der Waals surface area contributed by atoms with Crippen LogP contribution in [0.4, 0.5) is 0 Å². The number of rotatable bonds is 4. The van der Waals surface area contributed by atoms with Gasteiger partial charge >= 0.3 is 5.97 Å². The van der Waals surface area contributed by atoms with E-state index < -0.39 is 28.6 Å². The second-order valence-corrected chi connectivity index (χ2v) is 6.67.